The van der Waals surface area contributed by atoms with Crippen LogP contribution >= 0.6 is 11.8 Å². The van der Waals surface area contributed by atoms with Crippen molar-refractivity contribution in [1.29, 1.82) is 0 Å². The van der Waals surface area contributed by atoms with E-state index in [0.29, 0.717) is 18.3 Å². The molecule has 0 spiro atoms. The number of fused-ring (bicyclic) bond motifs is 1. The molecule has 1 saturated carbocycles. The highest BCUT2D eigenvalue weighted by Crippen LogP contribution is 2.44. The van der Waals surface area contributed by atoms with Crippen molar-refractivity contribution in [2.45, 2.75) is 37.8 Å². The highest BCUT2D eigenvalue weighted by molar-refractivity contribution is 7.99. The maximum atomic E-state index is 12.9. The van der Waals surface area contributed by atoms with Gasteiger partial charge in [0.05, 0.1) is 11.5 Å². The third kappa shape index (κ3) is 4.47. The standard InChI is InChI=1S/C26H31N5O3S/c27-24-23-22(17-3-1-4-20(13-17)34-15-21-5-2-8-33-21)14-31(25(23)29-16-28-24)19-11-18(12-19)26(32)30-6-9-35-10-7-30/h1,3-4,13-14,16,18-19,21H,2,5-12,15H2,(H2,27,28,29)/t18-,19+,21-/m0/s1. The predicted molar refractivity (Wildman–Crippen MR) is 138 cm³/mol. The summed E-state index contributed by atoms with van der Waals surface area (Å²) >= 11 is 1.93. The first kappa shape index (κ1) is 22.7. The van der Waals surface area contributed by atoms with E-state index < -0.39 is 0 Å². The first-order chi connectivity index (χ1) is 17.2. The van der Waals surface area contributed by atoms with E-state index in [1.165, 1.54) is 6.33 Å². The molecule has 9 heteroatoms. The number of carbonyl (C=O) groups excluding carboxylic acids is 1. The molecule has 8 nitrogen and oxygen atoms in total. The summed E-state index contributed by atoms with van der Waals surface area (Å²) in [6, 6.07) is 8.30. The van der Waals surface area contributed by atoms with Gasteiger partial charge in [0.15, 0.2) is 0 Å². The fourth-order valence-electron chi connectivity index (χ4n) is 5.38. The molecule has 1 aliphatic carbocycles. The number of nitrogen functional groups attached to an aromatic ring is 1. The molecule has 0 radical (unpaired) electrons. The van der Waals surface area contributed by atoms with Crippen LogP contribution < -0.4 is 10.5 Å². The molecule has 35 heavy (non-hydrogen) atoms. The summed E-state index contributed by atoms with van der Waals surface area (Å²) in [5, 5.41) is 0.853. The van der Waals surface area contributed by atoms with Crippen molar-refractivity contribution in [3.63, 3.8) is 0 Å². The van der Waals surface area contributed by atoms with Crippen molar-refractivity contribution in [1.82, 2.24) is 19.4 Å². The molecule has 3 aliphatic rings. The minimum absolute atomic E-state index is 0.0951. The molecule has 2 aliphatic heterocycles. The molecule has 6 rings (SSSR count). The van der Waals surface area contributed by atoms with E-state index in [4.69, 9.17) is 15.2 Å². The molecule has 0 bridgehead atoms. The van der Waals surface area contributed by atoms with Crippen LogP contribution in [-0.4, -0.2) is 69.3 Å². The summed E-state index contributed by atoms with van der Waals surface area (Å²) < 4.78 is 13.9. The molecule has 2 saturated heterocycles. The van der Waals surface area contributed by atoms with E-state index in [1.54, 1.807) is 0 Å². The Morgan fingerprint density at radius 2 is 2.09 bits per heavy atom. The van der Waals surface area contributed by atoms with Gasteiger partial charge >= 0.3 is 0 Å². The van der Waals surface area contributed by atoms with Gasteiger partial charge < -0.3 is 24.7 Å². The Hall–Kier alpha value is -2.78. The first-order valence-electron chi connectivity index (χ1n) is 12.5. The van der Waals surface area contributed by atoms with Crippen molar-refractivity contribution in [3.05, 3.63) is 36.8 Å². The van der Waals surface area contributed by atoms with E-state index in [2.05, 4.69) is 26.8 Å². The first-order valence-corrected chi connectivity index (χ1v) is 13.6. The summed E-state index contributed by atoms with van der Waals surface area (Å²) in [6.07, 6.45) is 7.62. The van der Waals surface area contributed by atoms with Gasteiger partial charge in [0.25, 0.3) is 0 Å². The number of amides is 1. The monoisotopic (exact) mass is 493 g/mol. The van der Waals surface area contributed by atoms with Crippen LogP contribution in [0.3, 0.4) is 0 Å². The Morgan fingerprint density at radius 1 is 1.23 bits per heavy atom. The van der Waals surface area contributed by atoms with E-state index in [9.17, 15) is 4.79 Å². The number of thioether (sulfide) groups is 1. The van der Waals surface area contributed by atoms with Crippen molar-refractivity contribution in [2.75, 3.05) is 43.5 Å². The Labute approximate surface area is 209 Å². The molecule has 2 aromatic heterocycles. The number of rotatable bonds is 6. The highest BCUT2D eigenvalue weighted by Gasteiger charge is 2.39. The number of carbonyl (C=O) groups is 1. The summed E-state index contributed by atoms with van der Waals surface area (Å²) in [6.45, 7) is 3.12. The van der Waals surface area contributed by atoms with Gasteiger partial charge in [-0.1, -0.05) is 12.1 Å². The van der Waals surface area contributed by atoms with Crippen LogP contribution in [0, 0.1) is 5.92 Å². The van der Waals surface area contributed by atoms with Crippen LogP contribution in [0.25, 0.3) is 22.2 Å². The zero-order valence-electron chi connectivity index (χ0n) is 19.8. The number of hydrogen-bond donors (Lipinski definition) is 1. The van der Waals surface area contributed by atoms with Gasteiger partial charge in [0.1, 0.15) is 30.1 Å². The van der Waals surface area contributed by atoms with Crippen LogP contribution in [0.15, 0.2) is 36.8 Å². The van der Waals surface area contributed by atoms with Gasteiger partial charge in [-0.25, -0.2) is 9.97 Å². The summed E-state index contributed by atoms with van der Waals surface area (Å²) in [5.74, 6) is 3.76. The number of nitrogens with zero attached hydrogens (tertiary/aromatic N) is 4. The van der Waals surface area contributed by atoms with E-state index >= 15 is 0 Å². The van der Waals surface area contributed by atoms with Crippen LogP contribution in [0.4, 0.5) is 5.82 Å². The quantitative estimate of drug-likeness (QED) is 0.559. The average Bonchev–Trinajstić information content (AvgIpc) is 3.52. The Kier molecular flexibility index (Phi) is 6.28. The lowest BCUT2D eigenvalue weighted by Crippen LogP contribution is -2.45. The molecule has 4 heterocycles. The van der Waals surface area contributed by atoms with Gasteiger partial charge in [0, 0.05) is 54.9 Å². The van der Waals surface area contributed by atoms with Crippen LogP contribution in [0.5, 0.6) is 5.75 Å². The second-order valence-electron chi connectivity index (χ2n) is 9.64. The number of anilines is 1. The van der Waals surface area contributed by atoms with Gasteiger partial charge in [0.2, 0.25) is 5.91 Å². The van der Waals surface area contributed by atoms with Crippen molar-refractivity contribution >= 4 is 34.5 Å². The minimum atomic E-state index is 0.0951. The zero-order valence-corrected chi connectivity index (χ0v) is 20.6. The molecule has 184 valence electrons. The maximum absolute atomic E-state index is 12.9. The van der Waals surface area contributed by atoms with Crippen molar-refractivity contribution in [2.24, 2.45) is 5.92 Å². The lowest BCUT2D eigenvalue weighted by Gasteiger charge is -2.39. The fourth-order valence-corrected chi connectivity index (χ4v) is 6.29. The number of hydrogen-bond acceptors (Lipinski definition) is 7. The van der Waals surface area contributed by atoms with E-state index in [0.717, 1.165) is 84.8 Å². The van der Waals surface area contributed by atoms with Crippen LogP contribution in [0.2, 0.25) is 0 Å². The molecular weight excluding hydrogens is 462 g/mol. The molecule has 3 aromatic rings. The lowest BCUT2D eigenvalue weighted by atomic mass is 9.79. The predicted octanol–water partition coefficient (Wildman–Crippen LogP) is 3.76. The molecular formula is C26H31N5O3S. The molecule has 1 atom stereocenters. The number of aromatic nitrogens is 3. The number of benzene rings is 1. The smallest absolute Gasteiger partial charge is 0.225 e. The topological polar surface area (TPSA) is 95.5 Å². The maximum Gasteiger partial charge on any atom is 0.225 e. The number of nitrogens with two attached hydrogens (primary N) is 1. The van der Waals surface area contributed by atoms with Crippen molar-refractivity contribution < 1.29 is 14.3 Å². The van der Waals surface area contributed by atoms with Gasteiger partial charge in [-0.3, -0.25) is 4.79 Å². The van der Waals surface area contributed by atoms with Gasteiger partial charge in [-0.15, -0.1) is 0 Å². The SMILES string of the molecule is Nc1ncnc2c1c(-c1cccc(OC[C@@H]3CCCO3)c1)cn2[C@H]1C[C@@H](C(=O)N2CCSCC2)C1. The largest absolute Gasteiger partial charge is 0.491 e. The second kappa shape index (κ2) is 9.70. The molecule has 0 unspecified atom stereocenters. The van der Waals surface area contributed by atoms with Crippen molar-refractivity contribution in [3.8, 4) is 16.9 Å². The highest BCUT2D eigenvalue weighted by atomic mass is 32.2. The Morgan fingerprint density at radius 3 is 2.89 bits per heavy atom. The minimum Gasteiger partial charge on any atom is -0.491 e. The third-order valence-corrected chi connectivity index (χ3v) is 8.36. The van der Waals surface area contributed by atoms with E-state index in [1.807, 2.05) is 34.9 Å². The zero-order chi connectivity index (χ0) is 23.8. The Bertz CT molecular complexity index is 1210. The molecule has 2 N–H and O–H groups in total. The summed E-state index contributed by atoms with van der Waals surface area (Å²) in [7, 11) is 0. The normalized spacial score (nSPS) is 24.5. The Balaban J connectivity index is 1.24. The lowest BCUT2D eigenvalue weighted by molar-refractivity contribution is -0.139. The van der Waals surface area contributed by atoms with Crippen LogP contribution in [-0.2, 0) is 9.53 Å². The molecule has 3 fully saturated rings. The summed E-state index contributed by atoms with van der Waals surface area (Å²) in [4.78, 5) is 23.8. The number of ether oxygens (including phenoxy) is 2. The third-order valence-electron chi connectivity index (χ3n) is 7.42. The van der Waals surface area contributed by atoms with Gasteiger partial charge in [-0.2, -0.15) is 11.8 Å². The average molecular weight is 494 g/mol. The van der Waals surface area contributed by atoms with E-state index in [-0.39, 0.29) is 18.1 Å². The molecule has 1 amide bonds. The molecule has 1 aromatic carbocycles. The summed E-state index contributed by atoms with van der Waals surface area (Å²) in [5.41, 5.74) is 9.17. The second-order valence-corrected chi connectivity index (χ2v) is 10.9. The van der Waals surface area contributed by atoms with Crippen LogP contribution in [0.1, 0.15) is 31.7 Å². The van der Waals surface area contributed by atoms with Gasteiger partial charge in [-0.05, 0) is 43.4 Å². The fraction of sp³-hybridized carbons (Fsp3) is 0.500.